The Morgan fingerprint density at radius 1 is 1.26 bits per heavy atom. The highest BCUT2D eigenvalue weighted by Gasteiger charge is 2.30. The first-order chi connectivity index (χ1) is 14.8. The lowest BCUT2D eigenvalue weighted by Gasteiger charge is -2.10. The van der Waals surface area contributed by atoms with Gasteiger partial charge in [-0.2, -0.15) is 18.3 Å². The number of carbonyl (C=O) groups is 1. The van der Waals surface area contributed by atoms with Gasteiger partial charge in [0.15, 0.2) is 10.8 Å². The number of halogens is 3. The van der Waals surface area contributed by atoms with E-state index >= 15 is 0 Å². The van der Waals surface area contributed by atoms with Crippen LogP contribution in [-0.4, -0.2) is 58.7 Å². The first-order valence-corrected chi connectivity index (χ1v) is 10.5. The number of aromatic nitrogens is 4. The number of hydrogen-bond donors (Lipinski definition) is 2. The van der Waals surface area contributed by atoms with Gasteiger partial charge in [-0.3, -0.25) is 4.79 Å². The molecule has 0 saturated carbocycles. The smallest absolute Gasteiger partial charge is 0.383 e. The number of benzene rings is 1. The molecule has 0 aliphatic rings. The third-order valence-electron chi connectivity index (χ3n) is 4.32. The van der Waals surface area contributed by atoms with E-state index in [1.165, 1.54) is 23.9 Å². The van der Waals surface area contributed by atoms with Crippen LogP contribution in [0.15, 0.2) is 35.6 Å². The summed E-state index contributed by atoms with van der Waals surface area (Å²) >= 11 is 1.38. The van der Waals surface area contributed by atoms with Crippen LogP contribution >= 0.6 is 11.8 Å². The van der Waals surface area contributed by atoms with Crippen molar-refractivity contribution in [2.75, 3.05) is 38.4 Å². The van der Waals surface area contributed by atoms with Crippen LogP contribution in [0.1, 0.15) is 15.9 Å². The minimum atomic E-state index is -4.51. The van der Waals surface area contributed by atoms with Crippen LogP contribution in [0.5, 0.6) is 0 Å². The van der Waals surface area contributed by atoms with Gasteiger partial charge >= 0.3 is 6.18 Å². The number of anilines is 1. The molecule has 12 heteroatoms. The lowest BCUT2D eigenvalue weighted by Crippen LogP contribution is -2.27. The molecule has 1 aromatic carbocycles. The van der Waals surface area contributed by atoms with Gasteiger partial charge in [0.05, 0.1) is 30.3 Å². The Morgan fingerprint density at radius 3 is 2.77 bits per heavy atom. The molecule has 8 nitrogen and oxygen atoms in total. The van der Waals surface area contributed by atoms with Crippen molar-refractivity contribution < 1.29 is 22.7 Å². The van der Waals surface area contributed by atoms with Crippen molar-refractivity contribution in [1.29, 1.82) is 0 Å². The molecular formula is C19H21F3N6O2S. The molecule has 31 heavy (non-hydrogen) atoms. The number of amides is 1. The Kier molecular flexibility index (Phi) is 7.33. The molecule has 0 unspecified atom stereocenters. The van der Waals surface area contributed by atoms with Crippen molar-refractivity contribution in [1.82, 2.24) is 25.1 Å². The van der Waals surface area contributed by atoms with Gasteiger partial charge in [0, 0.05) is 25.8 Å². The fraction of sp³-hybridized carbons (Fsp3) is 0.368. The van der Waals surface area contributed by atoms with Crippen LogP contribution in [-0.2, 0) is 17.5 Å². The number of nitrogens with one attached hydrogen (secondary N) is 2. The molecule has 0 saturated heterocycles. The molecular weight excluding hydrogens is 433 g/mol. The summed E-state index contributed by atoms with van der Waals surface area (Å²) in [4.78, 5) is 21.2. The third kappa shape index (κ3) is 5.64. The molecule has 0 bridgehead atoms. The Bertz CT molecular complexity index is 1060. The highest BCUT2D eigenvalue weighted by molar-refractivity contribution is 7.98. The number of hydrogen-bond acceptors (Lipinski definition) is 7. The molecule has 2 aromatic heterocycles. The monoisotopic (exact) mass is 454 g/mol. The molecule has 0 aliphatic carbocycles. The highest BCUT2D eigenvalue weighted by atomic mass is 32.2. The third-order valence-corrected chi connectivity index (χ3v) is 4.87. The maximum atomic E-state index is 12.8. The number of alkyl halides is 3. The fourth-order valence-electron chi connectivity index (χ4n) is 2.81. The molecule has 1 amide bonds. The predicted molar refractivity (Wildman–Crippen MR) is 111 cm³/mol. The van der Waals surface area contributed by atoms with Gasteiger partial charge < -0.3 is 15.4 Å². The lowest BCUT2D eigenvalue weighted by molar-refractivity contribution is -0.137. The van der Waals surface area contributed by atoms with Gasteiger partial charge in [-0.05, 0) is 24.5 Å². The van der Waals surface area contributed by atoms with E-state index in [-0.39, 0.29) is 18.7 Å². The predicted octanol–water partition coefficient (Wildman–Crippen LogP) is 3.06. The summed E-state index contributed by atoms with van der Waals surface area (Å²) in [5.74, 6) is 0.0366. The molecule has 0 radical (unpaired) electrons. The zero-order chi connectivity index (χ0) is 22.4. The molecule has 3 rings (SSSR count). The Hall–Kier alpha value is -2.86. The fourth-order valence-corrected chi connectivity index (χ4v) is 3.17. The van der Waals surface area contributed by atoms with Crippen LogP contribution in [0, 0.1) is 0 Å². The molecule has 0 fully saturated rings. The first kappa shape index (κ1) is 22.8. The van der Waals surface area contributed by atoms with Gasteiger partial charge in [-0.1, -0.05) is 17.8 Å². The summed E-state index contributed by atoms with van der Waals surface area (Å²) in [6, 6.07) is 4.30. The van der Waals surface area contributed by atoms with E-state index in [2.05, 4.69) is 25.7 Å². The number of nitrogens with zero attached hydrogens (tertiary/aromatic N) is 4. The van der Waals surface area contributed by atoms with Gasteiger partial charge in [-0.15, -0.1) is 0 Å². The maximum absolute atomic E-state index is 12.8. The molecule has 0 spiro atoms. The molecule has 2 heterocycles. The standard InChI is InChI=1S/C19H21F3N6O2S/c1-30-9-7-23-15-14-11-25-28(16(14)27-18(26-15)31-2)8-6-24-17(29)12-4-3-5-13(10-12)19(20,21)22/h3-5,10-11H,6-9H2,1-2H3,(H,24,29)(H,23,26,27). The highest BCUT2D eigenvalue weighted by Crippen LogP contribution is 2.29. The van der Waals surface area contributed by atoms with Crippen LogP contribution in [0.25, 0.3) is 11.0 Å². The van der Waals surface area contributed by atoms with Crippen molar-refractivity contribution in [3.05, 3.63) is 41.6 Å². The minimum absolute atomic E-state index is 0.0585. The van der Waals surface area contributed by atoms with Gasteiger partial charge in [0.1, 0.15) is 5.82 Å². The second kappa shape index (κ2) is 9.96. The lowest BCUT2D eigenvalue weighted by atomic mass is 10.1. The van der Waals surface area contributed by atoms with Crippen LogP contribution in [0.3, 0.4) is 0 Å². The topological polar surface area (TPSA) is 94.0 Å². The average Bonchev–Trinajstić information content (AvgIpc) is 3.16. The van der Waals surface area contributed by atoms with Crippen molar-refractivity contribution >= 4 is 34.5 Å². The molecule has 2 N–H and O–H groups in total. The number of ether oxygens (including phenoxy) is 1. The summed E-state index contributed by atoms with van der Waals surface area (Å²) in [7, 11) is 1.61. The summed E-state index contributed by atoms with van der Waals surface area (Å²) in [6.45, 7) is 1.53. The quantitative estimate of drug-likeness (QED) is 0.292. The Balaban J connectivity index is 1.70. The van der Waals surface area contributed by atoms with E-state index in [1.54, 1.807) is 18.0 Å². The summed E-state index contributed by atoms with van der Waals surface area (Å²) in [5, 5.41) is 11.4. The van der Waals surface area contributed by atoms with Gasteiger partial charge in [0.25, 0.3) is 5.91 Å². The zero-order valence-electron chi connectivity index (χ0n) is 16.9. The molecule has 0 atom stereocenters. The van der Waals surface area contributed by atoms with Crippen molar-refractivity contribution in [3.8, 4) is 0 Å². The van der Waals surface area contributed by atoms with E-state index in [0.717, 1.165) is 17.5 Å². The van der Waals surface area contributed by atoms with Crippen molar-refractivity contribution in [2.45, 2.75) is 17.9 Å². The zero-order valence-corrected chi connectivity index (χ0v) is 17.7. The summed E-state index contributed by atoms with van der Waals surface area (Å²) in [5.41, 5.74) is -0.336. The largest absolute Gasteiger partial charge is 0.416 e. The number of thioether (sulfide) groups is 1. The van der Waals surface area contributed by atoms with Crippen LogP contribution in [0.2, 0.25) is 0 Å². The summed E-state index contributed by atoms with van der Waals surface area (Å²) < 4.78 is 45.2. The second-order valence-corrected chi connectivity index (χ2v) is 7.19. The van der Waals surface area contributed by atoms with Crippen LogP contribution < -0.4 is 10.6 Å². The van der Waals surface area contributed by atoms with E-state index in [9.17, 15) is 18.0 Å². The first-order valence-electron chi connectivity index (χ1n) is 9.29. The maximum Gasteiger partial charge on any atom is 0.416 e. The second-order valence-electron chi connectivity index (χ2n) is 6.42. The molecule has 166 valence electrons. The van der Waals surface area contributed by atoms with Gasteiger partial charge in [0.2, 0.25) is 0 Å². The number of rotatable bonds is 9. The normalized spacial score (nSPS) is 11.6. The minimum Gasteiger partial charge on any atom is -0.383 e. The van der Waals surface area contributed by atoms with Crippen LogP contribution in [0.4, 0.5) is 19.0 Å². The number of carbonyl (C=O) groups excluding carboxylic acids is 1. The number of methoxy groups -OCH3 is 1. The van der Waals surface area contributed by atoms with Crippen molar-refractivity contribution in [3.63, 3.8) is 0 Å². The number of fused-ring (bicyclic) bond motifs is 1. The van der Waals surface area contributed by atoms with E-state index in [1.807, 2.05) is 6.26 Å². The molecule has 0 aliphatic heterocycles. The van der Waals surface area contributed by atoms with Gasteiger partial charge in [-0.25, -0.2) is 14.6 Å². The average molecular weight is 454 g/mol. The van der Waals surface area contributed by atoms with Crippen molar-refractivity contribution in [2.24, 2.45) is 0 Å². The Morgan fingerprint density at radius 2 is 2.06 bits per heavy atom. The van der Waals surface area contributed by atoms with E-state index < -0.39 is 17.6 Å². The molecule has 3 aromatic rings. The Labute approximate surface area is 180 Å². The van der Waals surface area contributed by atoms with E-state index in [4.69, 9.17) is 4.74 Å². The SMILES string of the molecule is COCCNc1nc(SC)nc2c1cnn2CCNC(=O)c1cccc(C(F)(F)F)c1. The summed E-state index contributed by atoms with van der Waals surface area (Å²) in [6.07, 6.45) is -1.02. The van der Waals surface area contributed by atoms with E-state index in [0.29, 0.717) is 29.8 Å².